The Bertz CT molecular complexity index is 955. The summed E-state index contributed by atoms with van der Waals surface area (Å²) < 4.78 is 0. The van der Waals surface area contributed by atoms with Gasteiger partial charge in [0, 0.05) is 23.5 Å². The van der Waals surface area contributed by atoms with E-state index in [0.717, 1.165) is 17.0 Å². The van der Waals surface area contributed by atoms with E-state index in [4.69, 9.17) is 0 Å². The van der Waals surface area contributed by atoms with Crippen LogP contribution in [0.4, 0.5) is 0 Å². The molecule has 0 amide bonds. The Morgan fingerprint density at radius 2 is 1.24 bits per heavy atom. The Balaban J connectivity index is 1.89. The molecule has 2 aromatic heterocycles. The SMILES string of the molecule is c1ccc(Pc2cccc(-c3ccccn3)c2-c2ccccn2)cc1. The predicted molar refractivity (Wildman–Crippen MR) is 107 cm³/mol. The topological polar surface area (TPSA) is 25.8 Å². The Morgan fingerprint density at radius 1 is 0.560 bits per heavy atom. The van der Waals surface area contributed by atoms with Crippen molar-refractivity contribution in [2.45, 2.75) is 0 Å². The van der Waals surface area contributed by atoms with E-state index in [1.807, 2.05) is 36.7 Å². The first kappa shape index (κ1) is 15.7. The number of nitrogens with zero attached hydrogens (tertiary/aromatic N) is 2. The predicted octanol–water partition coefficient (Wildman–Crippen LogP) is 4.44. The molecule has 0 saturated carbocycles. The summed E-state index contributed by atoms with van der Waals surface area (Å²) >= 11 is 0. The van der Waals surface area contributed by atoms with E-state index in [1.54, 1.807) is 0 Å². The van der Waals surface area contributed by atoms with Crippen molar-refractivity contribution in [2.24, 2.45) is 0 Å². The van der Waals surface area contributed by atoms with Gasteiger partial charge in [0.25, 0.3) is 0 Å². The maximum atomic E-state index is 4.61. The number of hydrogen-bond donors (Lipinski definition) is 0. The molecule has 0 spiro atoms. The highest BCUT2D eigenvalue weighted by Gasteiger charge is 2.14. The molecule has 1 unspecified atom stereocenters. The minimum Gasteiger partial charge on any atom is -0.256 e. The minimum absolute atomic E-state index is 0.575. The fourth-order valence-electron chi connectivity index (χ4n) is 2.86. The molecule has 4 rings (SSSR count). The van der Waals surface area contributed by atoms with Crippen molar-refractivity contribution in [3.8, 4) is 22.5 Å². The molecular weight excluding hydrogens is 323 g/mol. The third-order valence-corrected chi connectivity index (χ3v) is 5.29. The molecule has 2 aromatic carbocycles. The van der Waals surface area contributed by atoms with E-state index < -0.39 is 0 Å². The fraction of sp³-hybridized carbons (Fsp3) is 0. The molecule has 0 saturated heterocycles. The summed E-state index contributed by atoms with van der Waals surface area (Å²) in [5.74, 6) is 0. The molecule has 0 aliphatic heterocycles. The standard InChI is InChI=1S/C22H17N2P/c1-2-9-17(10-3-1)25-21-14-8-11-18(19-12-4-6-15-23-19)22(21)20-13-5-7-16-24-20/h1-16,25H. The van der Waals surface area contributed by atoms with Gasteiger partial charge in [0.2, 0.25) is 0 Å². The van der Waals surface area contributed by atoms with E-state index in [1.165, 1.54) is 16.2 Å². The molecule has 2 nitrogen and oxygen atoms in total. The monoisotopic (exact) mass is 340 g/mol. The second-order valence-corrected chi connectivity index (χ2v) is 7.02. The van der Waals surface area contributed by atoms with Crippen molar-refractivity contribution in [1.29, 1.82) is 0 Å². The van der Waals surface area contributed by atoms with Gasteiger partial charge in [-0.1, -0.05) is 69.2 Å². The van der Waals surface area contributed by atoms with Gasteiger partial charge in [0.1, 0.15) is 0 Å². The van der Waals surface area contributed by atoms with Crippen LogP contribution in [-0.4, -0.2) is 9.97 Å². The molecule has 0 aliphatic carbocycles. The molecule has 0 aliphatic rings. The summed E-state index contributed by atoms with van der Waals surface area (Å²) in [7, 11) is 0.575. The van der Waals surface area contributed by atoms with E-state index >= 15 is 0 Å². The van der Waals surface area contributed by atoms with Crippen molar-refractivity contribution in [3.05, 3.63) is 97.3 Å². The highest BCUT2D eigenvalue weighted by Crippen LogP contribution is 2.31. The van der Waals surface area contributed by atoms with Crippen molar-refractivity contribution in [1.82, 2.24) is 9.97 Å². The highest BCUT2D eigenvalue weighted by atomic mass is 31.1. The lowest BCUT2D eigenvalue weighted by atomic mass is 10.0. The van der Waals surface area contributed by atoms with Gasteiger partial charge in [0.05, 0.1) is 11.4 Å². The van der Waals surface area contributed by atoms with Gasteiger partial charge in [0.15, 0.2) is 0 Å². The summed E-state index contributed by atoms with van der Waals surface area (Å²) in [4.78, 5) is 9.17. The number of pyridine rings is 2. The van der Waals surface area contributed by atoms with Gasteiger partial charge >= 0.3 is 0 Å². The van der Waals surface area contributed by atoms with Crippen molar-refractivity contribution in [2.75, 3.05) is 0 Å². The van der Waals surface area contributed by atoms with Crippen molar-refractivity contribution in [3.63, 3.8) is 0 Å². The number of aromatic nitrogens is 2. The molecular formula is C22H17N2P. The summed E-state index contributed by atoms with van der Waals surface area (Å²) in [6, 6.07) is 29.1. The summed E-state index contributed by atoms with van der Waals surface area (Å²) in [6.07, 6.45) is 3.68. The molecule has 25 heavy (non-hydrogen) atoms. The molecule has 2 heterocycles. The smallest absolute Gasteiger partial charge is 0.0715 e. The third-order valence-electron chi connectivity index (χ3n) is 3.98. The number of hydrogen-bond acceptors (Lipinski definition) is 2. The first-order valence-electron chi connectivity index (χ1n) is 8.20. The number of rotatable bonds is 4. The Kier molecular flexibility index (Phi) is 4.63. The van der Waals surface area contributed by atoms with Crippen LogP contribution in [0, 0.1) is 0 Å². The van der Waals surface area contributed by atoms with Crippen LogP contribution < -0.4 is 10.6 Å². The van der Waals surface area contributed by atoms with E-state index in [-0.39, 0.29) is 0 Å². The quantitative estimate of drug-likeness (QED) is 0.513. The maximum Gasteiger partial charge on any atom is 0.0715 e. The summed E-state index contributed by atoms with van der Waals surface area (Å²) in [6.45, 7) is 0. The van der Waals surface area contributed by atoms with Gasteiger partial charge in [-0.05, 0) is 34.9 Å². The minimum atomic E-state index is 0.575. The summed E-state index contributed by atoms with van der Waals surface area (Å²) in [5, 5.41) is 2.60. The molecule has 3 heteroatoms. The second-order valence-electron chi connectivity index (χ2n) is 5.65. The lowest BCUT2D eigenvalue weighted by Crippen LogP contribution is -2.08. The Morgan fingerprint density at radius 3 is 1.92 bits per heavy atom. The van der Waals surface area contributed by atoms with Crippen LogP contribution in [0.15, 0.2) is 97.3 Å². The molecule has 120 valence electrons. The van der Waals surface area contributed by atoms with Crippen LogP contribution in [-0.2, 0) is 0 Å². The molecule has 4 aromatic rings. The van der Waals surface area contributed by atoms with Crippen molar-refractivity contribution < 1.29 is 0 Å². The highest BCUT2D eigenvalue weighted by molar-refractivity contribution is 7.55. The number of benzene rings is 2. The molecule has 0 N–H and O–H groups in total. The largest absolute Gasteiger partial charge is 0.256 e. The van der Waals surface area contributed by atoms with Crippen LogP contribution in [0.1, 0.15) is 0 Å². The van der Waals surface area contributed by atoms with Crippen LogP contribution in [0.5, 0.6) is 0 Å². The molecule has 0 fully saturated rings. The van der Waals surface area contributed by atoms with Gasteiger partial charge in [-0.2, -0.15) is 0 Å². The Labute approximate surface area is 149 Å². The van der Waals surface area contributed by atoms with Crippen LogP contribution >= 0.6 is 8.58 Å². The first-order chi connectivity index (χ1) is 12.4. The zero-order valence-electron chi connectivity index (χ0n) is 13.6. The van der Waals surface area contributed by atoms with Gasteiger partial charge in [-0.15, -0.1) is 0 Å². The molecule has 1 atom stereocenters. The third kappa shape index (κ3) is 3.50. The zero-order valence-corrected chi connectivity index (χ0v) is 14.6. The lowest BCUT2D eigenvalue weighted by molar-refractivity contribution is 1.30. The van der Waals surface area contributed by atoms with Crippen molar-refractivity contribution >= 4 is 19.2 Å². The fourth-order valence-corrected chi connectivity index (χ4v) is 4.09. The van der Waals surface area contributed by atoms with Crippen LogP contribution in [0.3, 0.4) is 0 Å². The zero-order chi connectivity index (χ0) is 16.9. The average Bonchev–Trinajstić information content (AvgIpc) is 2.70. The lowest BCUT2D eigenvalue weighted by Gasteiger charge is -2.14. The van der Waals surface area contributed by atoms with E-state index in [0.29, 0.717) is 8.58 Å². The molecule has 0 bridgehead atoms. The van der Waals surface area contributed by atoms with Crippen LogP contribution in [0.2, 0.25) is 0 Å². The molecule has 0 radical (unpaired) electrons. The second kappa shape index (κ2) is 7.38. The van der Waals surface area contributed by atoms with Gasteiger partial charge in [-0.3, -0.25) is 9.97 Å². The maximum absolute atomic E-state index is 4.61. The van der Waals surface area contributed by atoms with Gasteiger partial charge < -0.3 is 0 Å². The van der Waals surface area contributed by atoms with E-state index in [2.05, 4.69) is 70.6 Å². The van der Waals surface area contributed by atoms with Gasteiger partial charge in [-0.25, -0.2) is 0 Å². The van der Waals surface area contributed by atoms with E-state index in [9.17, 15) is 0 Å². The first-order valence-corrected chi connectivity index (χ1v) is 9.20. The normalized spacial score (nSPS) is 11.0. The summed E-state index contributed by atoms with van der Waals surface area (Å²) in [5.41, 5.74) is 4.26. The Hall–Kier alpha value is -2.83. The van der Waals surface area contributed by atoms with Crippen LogP contribution in [0.25, 0.3) is 22.5 Å². The average molecular weight is 340 g/mol.